The Morgan fingerprint density at radius 1 is 0.905 bits per heavy atom. The summed E-state index contributed by atoms with van der Waals surface area (Å²) < 4.78 is 16.3. The van der Waals surface area contributed by atoms with Gasteiger partial charge in [0.15, 0.2) is 6.29 Å². The summed E-state index contributed by atoms with van der Waals surface area (Å²) in [7, 11) is 3.42. The fourth-order valence-electron chi connectivity index (χ4n) is 4.75. The number of nitrogens with zero attached hydrogens (tertiary/aromatic N) is 1. The number of rotatable bonds is 10. The second-order valence-corrected chi connectivity index (χ2v) is 9.66. The Morgan fingerprint density at radius 3 is 2.17 bits per heavy atom. The average Bonchev–Trinajstić information content (AvgIpc) is 3.55. The summed E-state index contributed by atoms with van der Waals surface area (Å²) in [6.07, 6.45) is 18.1. The van der Waals surface area contributed by atoms with E-state index < -0.39 is 0 Å². The molecule has 0 N–H and O–H groups in total. The highest BCUT2D eigenvalue weighted by Gasteiger charge is 2.29. The lowest BCUT2D eigenvalue weighted by Gasteiger charge is -2.22. The van der Waals surface area contributed by atoms with Crippen molar-refractivity contribution >= 4 is 5.69 Å². The van der Waals surface area contributed by atoms with Crippen LogP contribution in [0.5, 0.6) is 5.75 Å². The molecule has 4 heteroatoms. The number of allylic oxidation sites excluding steroid dienone is 5. The molecule has 2 aromatic carbocycles. The van der Waals surface area contributed by atoms with E-state index in [0.29, 0.717) is 5.92 Å². The van der Waals surface area contributed by atoms with Crippen molar-refractivity contribution < 1.29 is 14.2 Å². The fourth-order valence-corrected chi connectivity index (χ4v) is 4.75. The lowest BCUT2D eigenvalue weighted by atomic mass is 9.92. The number of para-hydroxylation sites is 1. The lowest BCUT2D eigenvalue weighted by Crippen LogP contribution is -2.28. The standard InChI is InChI=1S/C14H20O.C13H19NO2.C7H10.2C2H6/c1-2-3-10-15-14-9-8-12-6-4-5-7-13(12)11-14;1-15-13(16-2)11-8-9-14(10-11)12-6-4-3-5-7-12;1-3-5-7-6-4-2;2*1-2/h8-9,11H,2-7,10H2,1H3;3-7,11,13H,8-10H2,1-2H3;3-7H,1H2,2H3;2*1-2H3/b;;6-4-,7-5-;;. The second-order valence-electron chi connectivity index (χ2n) is 9.66. The first-order valence-corrected chi connectivity index (χ1v) is 16.2. The maximum Gasteiger partial charge on any atom is 0.161 e. The van der Waals surface area contributed by atoms with Gasteiger partial charge in [-0.1, -0.05) is 102 Å². The molecule has 236 valence electrons. The minimum Gasteiger partial charge on any atom is -0.494 e. The molecular formula is C38H61NO3. The highest BCUT2D eigenvalue weighted by atomic mass is 16.7. The zero-order chi connectivity index (χ0) is 31.4. The van der Waals surface area contributed by atoms with Gasteiger partial charge in [0.05, 0.1) is 6.61 Å². The molecule has 1 heterocycles. The third-order valence-corrected chi connectivity index (χ3v) is 6.83. The summed E-state index contributed by atoms with van der Waals surface area (Å²) in [5.74, 6) is 1.53. The Bertz CT molecular complexity index is 950. The Hall–Kier alpha value is -2.82. The maximum atomic E-state index is 5.71. The number of ether oxygens (including phenoxy) is 3. The van der Waals surface area contributed by atoms with E-state index in [1.54, 1.807) is 20.3 Å². The van der Waals surface area contributed by atoms with Crippen molar-refractivity contribution in [2.75, 3.05) is 38.8 Å². The quantitative estimate of drug-likeness (QED) is 0.159. The molecule has 1 atom stereocenters. The molecule has 1 unspecified atom stereocenters. The van der Waals surface area contributed by atoms with Gasteiger partial charge in [-0.25, -0.2) is 0 Å². The van der Waals surface area contributed by atoms with Crippen molar-refractivity contribution in [3.8, 4) is 5.75 Å². The van der Waals surface area contributed by atoms with Crippen LogP contribution in [0, 0.1) is 5.92 Å². The number of benzene rings is 2. The molecule has 4 rings (SSSR count). The highest BCUT2D eigenvalue weighted by molar-refractivity contribution is 5.46. The summed E-state index contributed by atoms with van der Waals surface area (Å²) >= 11 is 0. The average molecular weight is 580 g/mol. The van der Waals surface area contributed by atoms with E-state index in [0.717, 1.165) is 38.3 Å². The molecule has 1 fully saturated rings. The van der Waals surface area contributed by atoms with E-state index in [4.69, 9.17) is 14.2 Å². The van der Waals surface area contributed by atoms with Gasteiger partial charge in [0.2, 0.25) is 0 Å². The van der Waals surface area contributed by atoms with Crippen LogP contribution >= 0.6 is 0 Å². The van der Waals surface area contributed by atoms with Crippen molar-refractivity contribution in [2.45, 2.75) is 92.8 Å². The summed E-state index contributed by atoms with van der Waals surface area (Å²) in [6, 6.07) is 17.1. The molecule has 0 bridgehead atoms. The van der Waals surface area contributed by atoms with Crippen LogP contribution in [-0.2, 0) is 22.3 Å². The van der Waals surface area contributed by atoms with Crippen LogP contribution in [0.4, 0.5) is 5.69 Å². The van der Waals surface area contributed by atoms with Gasteiger partial charge in [0.1, 0.15) is 5.75 Å². The smallest absolute Gasteiger partial charge is 0.161 e. The van der Waals surface area contributed by atoms with Crippen molar-refractivity contribution in [1.82, 2.24) is 0 Å². The third-order valence-electron chi connectivity index (χ3n) is 6.83. The van der Waals surface area contributed by atoms with Crippen LogP contribution < -0.4 is 9.64 Å². The number of anilines is 1. The van der Waals surface area contributed by atoms with Crippen molar-refractivity contribution in [3.63, 3.8) is 0 Å². The van der Waals surface area contributed by atoms with E-state index in [1.807, 2.05) is 65.0 Å². The molecule has 0 spiro atoms. The molecule has 1 aliphatic heterocycles. The van der Waals surface area contributed by atoms with E-state index in [-0.39, 0.29) is 6.29 Å². The van der Waals surface area contributed by atoms with Gasteiger partial charge in [-0.2, -0.15) is 0 Å². The molecule has 0 saturated carbocycles. The first kappa shape index (κ1) is 39.2. The topological polar surface area (TPSA) is 30.9 Å². The molecule has 0 amide bonds. The number of aryl methyl sites for hydroxylation is 2. The zero-order valence-electron chi connectivity index (χ0n) is 28.1. The maximum absolute atomic E-state index is 5.71. The SMILES string of the molecule is C=C/C=C\C=C/C.CC.CC.CCCCOc1ccc2c(c1)CCCC2.COC(OC)C1CCN(c2ccccc2)C1. The number of methoxy groups -OCH3 is 2. The number of hydrogen-bond acceptors (Lipinski definition) is 4. The molecule has 1 aliphatic carbocycles. The summed E-state index contributed by atoms with van der Waals surface area (Å²) in [4.78, 5) is 2.38. The van der Waals surface area contributed by atoms with Crippen LogP contribution in [0.1, 0.15) is 84.8 Å². The molecule has 0 radical (unpaired) electrons. The van der Waals surface area contributed by atoms with Gasteiger partial charge in [-0.3, -0.25) is 0 Å². The Balaban J connectivity index is 0.000000602. The highest BCUT2D eigenvalue weighted by Crippen LogP contribution is 2.27. The van der Waals surface area contributed by atoms with Crippen LogP contribution in [0.25, 0.3) is 0 Å². The summed E-state index contributed by atoms with van der Waals surface area (Å²) in [5, 5.41) is 0. The number of unbranched alkanes of at least 4 members (excludes halogenated alkanes) is 1. The normalized spacial score (nSPS) is 15.3. The van der Waals surface area contributed by atoms with Gasteiger partial charge < -0.3 is 19.1 Å². The van der Waals surface area contributed by atoms with Crippen molar-refractivity contribution in [2.24, 2.45) is 5.92 Å². The Labute approximate surface area is 259 Å². The fraction of sp³-hybridized carbons (Fsp3) is 0.526. The van der Waals surface area contributed by atoms with E-state index in [9.17, 15) is 0 Å². The zero-order valence-corrected chi connectivity index (χ0v) is 28.1. The summed E-state index contributed by atoms with van der Waals surface area (Å²) in [5.41, 5.74) is 4.33. The number of hydrogen-bond donors (Lipinski definition) is 0. The van der Waals surface area contributed by atoms with Crippen LogP contribution in [0.15, 0.2) is 85.5 Å². The van der Waals surface area contributed by atoms with Gasteiger partial charge in [0, 0.05) is 38.9 Å². The molecule has 0 aromatic heterocycles. The van der Waals surface area contributed by atoms with Gasteiger partial charge in [-0.15, -0.1) is 0 Å². The third kappa shape index (κ3) is 16.0. The molecule has 2 aromatic rings. The van der Waals surface area contributed by atoms with E-state index in [1.165, 1.54) is 48.9 Å². The summed E-state index contributed by atoms with van der Waals surface area (Å²) in [6.45, 7) is 18.6. The molecule has 4 nitrogen and oxygen atoms in total. The van der Waals surface area contributed by atoms with Crippen LogP contribution in [0.2, 0.25) is 0 Å². The van der Waals surface area contributed by atoms with Crippen LogP contribution in [-0.4, -0.2) is 40.2 Å². The van der Waals surface area contributed by atoms with Crippen molar-refractivity contribution in [1.29, 1.82) is 0 Å². The second kappa shape index (κ2) is 27.0. The van der Waals surface area contributed by atoms with Gasteiger partial charge in [-0.05, 0) is 80.8 Å². The first-order valence-electron chi connectivity index (χ1n) is 16.2. The predicted molar refractivity (Wildman–Crippen MR) is 185 cm³/mol. The van der Waals surface area contributed by atoms with Gasteiger partial charge >= 0.3 is 0 Å². The minimum atomic E-state index is -0.0753. The predicted octanol–water partition coefficient (Wildman–Crippen LogP) is 10.2. The molecule has 1 saturated heterocycles. The molecule has 42 heavy (non-hydrogen) atoms. The van der Waals surface area contributed by atoms with Crippen molar-refractivity contribution in [3.05, 3.63) is 96.6 Å². The van der Waals surface area contributed by atoms with Gasteiger partial charge in [0.25, 0.3) is 0 Å². The van der Waals surface area contributed by atoms with E-state index in [2.05, 4.69) is 60.9 Å². The number of fused-ring (bicyclic) bond motifs is 1. The molecular weight excluding hydrogens is 518 g/mol. The minimum absolute atomic E-state index is 0.0753. The lowest BCUT2D eigenvalue weighted by molar-refractivity contribution is -0.132. The Morgan fingerprint density at radius 2 is 1.57 bits per heavy atom. The monoisotopic (exact) mass is 579 g/mol. The molecule has 2 aliphatic rings. The van der Waals surface area contributed by atoms with E-state index >= 15 is 0 Å². The first-order chi connectivity index (χ1) is 20.7. The Kier molecular flexibility index (Phi) is 25.2. The van der Waals surface area contributed by atoms with Crippen LogP contribution in [0.3, 0.4) is 0 Å². The largest absolute Gasteiger partial charge is 0.494 e.